The van der Waals surface area contributed by atoms with E-state index in [1.807, 2.05) is 12.1 Å². The quantitative estimate of drug-likeness (QED) is 0.936. The predicted octanol–water partition coefficient (Wildman–Crippen LogP) is 3.05. The molecule has 0 spiro atoms. The molecule has 2 amide bonds. The Balaban J connectivity index is 1.50. The van der Waals surface area contributed by atoms with Gasteiger partial charge in [-0.3, -0.25) is 4.90 Å². The number of rotatable bonds is 3. The van der Waals surface area contributed by atoms with E-state index in [-0.39, 0.29) is 11.8 Å². The Morgan fingerprint density at radius 3 is 2.40 bits per heavy atom. The van der Waals surface area contributed by atoms with Crippen molar-refractivity contribution in [2.75, 3.05) is 31.5 Å². The van der Waals surface area contributed by atoms with Crippen LogP contribution in [0.25, 0.3) is 0 Å². The maximum atomic E-state index is 13.7. The van der Waals surface area contributed by atoms with Crippen molar-refractivity contribution in [2.45, 2.75) is 6.54 Å². The van der Waals surface area contributed by atoms with Gasteiger partial charge >= 0.3 is 6.03 Å². The fraction of sp³-hybridized carbons (Fsp3) is 0.263. The van der Waals surface area contributed by atoms with Gasteiger partial charge in [0.1, 0.15) is 5.82 Å². The number of urea groups is 1. The van der Waals surface area contributed by atoms with Crippen LogP contribution in [0.1, 0.15) is 11.1 Å². The number of benzene rings is 2. The van der Waals surface area contributed by atoms with E-state index in [1.54, 1.807) is 41.3 Å². The Hall–Kier alpha value is -2.91. The molecule has 6 heteroatoms. The van der Waals surface area contributed by atoms with Gasteiger partial charge in [0.2, 0.25) is 0 Å². The molecule has 0 atom stereocenters. The summed E-state index contributed by atoms with van der Waals surface area (Å²) in [5.74, 6) is -0.191. The van der Waals surface area contributed by atoms with Crippen LogP contribution in [0.4, 0.5) is 14.9 Å². The van der Waals surface area contributed by atoms with Crippen LogP contribution in [-0.4, -0.2) is 42.0 Å². The first-order valence-electron chi connectivity index (χ1n) is 8.17. The van der Waals surface area contributed by atoms with Crippen molar-refractivity contribution in [3.63, 3.8) is 0 Å². The molecule has 1 aliphatic heterocycles. The highest BCUT2D eigenvalue weighted by atomic mass is 19.1. The molecule has 2 aromatic carbocycles. The molecule has 0 saturated carbocycles. The Labute approximate surface area is 146 Å². The molecule has 0 unspecified atom stereocenters. The summed E-state index contributed by atoms with van der Waals surface area (Å²) in [6, 6.07) is 15.4. The third kappa shape index (κ3) is 4.34. The highest BCUT2D eigenvalue weighted by Crippen LogP contribution is 2.14. The number of halogens is 1. The summed E-state index contributed by atoms with van der Waals surface area (Å²) < 4.78 is 13.7. The number of amides is 2. The summed E-state index contributed by atoms with van der Waals surface area (Å²) in [6.07, 6.45) is 0. The molecule has 1 saturated heterocycles. The highest BCUT2D eigenvalue weighted by Gasteiger charge is 2.21. The summed E-state index contributed by atoms with van der Waals surface area (Å²) in [4.78, 5) is 16.2. The summed E-state index contributed by atoms with van der Waals surface area (Å²) in [5, 5.41) is 11.6. The number of nitriles is 1. The maximum Gasteiger partial charge on any atom is 0.321 e. The zero-order valence-corrected chi connectivity index (χ0v) is 13.8. The first-order valence-corrected chi connectivity index (χ1v) is 8.17. The molecule has 25 heavy (non-hydrogen) atoms. The van der Waals surface area contributed by atoms with Crippen molar-refractivity contribution in [3.05, 3.63) is 65.5 Å². The molecule has 1 heterocycles. The summed E-state index contributed by atoms with van der Waals surface area (Å²) in [5.41, 5.74) is 1.90. The standard InChI is InChI=1S/C19H19FN4O/c20-18-4-2-1-3-16(18)14-23-9-11-24(12-10-23)19(25)22-17-7-5-15(13-21)6-8-17/h1-8H,9-12,14H2,(H,22,25). The second-order valence-electron chi connectivity index (χ2n) is 5.97. The average Bonchev–Trinajstić information content (AvgIpc) is 2.65. The molecule has 0 aliphatic carbocycles. The van der Waals surface area contributed by atoms with E-state index in [0.717, 1.165) is 0 Å². The predicted molar refractivity (Wildman–Crippen MR) is 93.4 cm³/mol. The van der Waals surface area contributed by atoms with Crippen LogP contribution in [0.2, 0.25) is 0 Å². The van der Waals surface area contributed by atoms with Gasteiger partial charge in [0.05, 0.1) is 11.6 Å². The van der Waals surface area contributed by atoms with Crippen molar-refractivity contribution in [1.29, 1.82) is 5.26 Å². The molecule has 2 aromatic rings. The molecule has 3 rings (SSSR count). The molecule has 5 nitrogen and oxygen atoms in total. The largest absolute Gasteiger partial charge is 0.322 e. The second-order valence-corrected chi connectivity index (χ2v) is 5.97. The first kappa shape index (κ1) is 16.9. The normalized spacial score (nSPS) is 14.8. The molecule has 0 radical (unpaired) electrons. The lowest BCUT2D eigenvalue weighted by Crippen LogP contribution is -2.49. The van der Waals surface area contributed by atoms with Crippen LogP contribution in [-0.2, 0) is 6.54 Å². The van der Waals surface area contributed by atoms with Crippen LogP contribution in [0.5, 0.6) is 0 Å². The summed E-state index contributed by atoms with van der Waals surface area (Å²) >= 11 is 0. The minimum atomic E-state index is -0.191. The van der Waals surface area contributed by atoms with Crippen molar-refractivity contribution < 1.29 is 9.18 Å². The van der Waals surface area contributed by atoms with E-state index >= 15 is 0 Å². The van der Waals surface area contributed by atoms with E-state index in [9.17, 15) is 9.18 Å². The number of nitrogens with zero attached hydrogens (tertiary/aromatic N) is 3. The van der Waals surface area contributed by atoms with E-state index in [2.05, 4.69) is 10.2 Å². The third-order valence-corrected chi connectivity index (χ3v) is 4.28. The Bertz CT molecular complexity index is 777. The fourth-order valence-electron chi connectivity index (χ4n) is 2.81. The number of carbonyl (C=O) groups excluding carboxylic acids is 1. The topological polar surface area (TPSA) is 59.4 Å². The number of hydrogen-bond acceptors (Lipinski definition) is 3. The maximum absolute atomic E-state index is 13.7. The monoisotopic (exact) mass is 338 g/mol. The number of hydrogen-bond donors (Lipinski definition) is 1. The SMILES string of the molecule is N#Cc1ccc(NC(=O)N2CCN(Cc3ccccc3F)CC2)cc1. The van der Waals surface area contributed by atoms with Crippen LogP contribution >= 0.6 is 0 Å². The van der Waals surface area contributed by atoms with Crippen molar-refractivity contribution in [3.8, 4) is 6.07 Å². The number of nitrogens with one attached hydrogen (secondary N) is 1. The van der Waals surface area contributed by atoms with Crippen molar-refractivity contribution >= 4 is 11.7 Å². The van der Waals surface area contributed by atoms with Crippen LogP contribution in [0.15, 0.2) is 48.5 Å². The van der Waals surface area contributed by atoms with Gasteiger partial charge in [0.15, 0.2) is 0 Å². The summed E-state index contributed by atoms with van der Waals surface area (Å²) in [7, 11) is 0. The van der Waals surface area contributed by atoms with Gasteiger partial charge in [-0.25, -0.2) is 9.18 Å². The lowest BCUT2D eigenvalue weighted by molar-refractivity contribution is 0.142. The fourth-order valence-corrected chi connectivity index (χ4v) is 2.81. The highest BCUT2D eigenvalue weighted by molar-refractivity contribution is 5.89. The number of piperazine rings is 1. The molecular formula is C19H19FN4O. The molecule has 0 aromatic heterocycles. The Kier molecular flexibility index (Phi) is 5.26. The molecule has 0 bridgehead atoms. The molecule has 128 valence electrons. The van der Waals surface area contributed by atoms with Gasteiger partial charge < -0.3 is 10.2 Å². The molecule has 1 N–H and O–H groups in total. The lowest BCUT2D eigenvalue weighted by atomic mass is 10.2. The van der Waals surface area contributed by atoms with Crippen LogP contribution in [0, 0.1) is 17.1 Å². The van der Waals surface area contributed by atoms with E-state index in [4.69, 9.17) is 5.26 Å². The van der Waals surface area contributed by atoms with Crippen molar-refractivity contribution in [2.24, 2.45) is 0 Å². The van der Waals surface area contributed by atoms with E-state index in [1.165, 1.54) is 6.07 Å². The van der Waals surface area contributed by atoms with Gasteiger partial charge in [-0.05, 0) is 30.3 Å². The second kappa shape index (κ2) is 7.77. The van der Waals surface area contributed by atoms with Crippen LogP contribution in [0.3, 0.4) is 0 Å². The molecule has 1 aliphatic rings. The van der Waals surface area contributed by atoms with Crippen LogP contribution < -0.4 is 5.32 Å². The van der Waals surface area contributed by atoms with Gasteiger partial charge in [-0.1, -0.05) is 18.2 Å². The van der Waals surface area contributed by atoms with Gasteiger partial charge in [-0.15, -0.1) is 0 Å². The molecule has 1 fully saturated rings. The Morgan fingerprint density at radius 2 is 1.76 bits per heavy atom. The van der Waals surface area contributed by atoms with Gasteiger partial charge in [0, 0.05) is 44.0 Å². The molecular weight excluding hydrogens is 319 g/mol. The number of anilines is 1. The first-order chi connectivity index (χ1) is 12.2. The third-order valence-electron chi connectivity index (χ3n) is 4.28. The smallest absolute Gasteiger partial charge is 0.321 e. The van der Waals surface area contributed by atoms with Gasteiger partial charge in [0.25, 0.3) is 0 Å². The zero-order chi connectivity index (χ0) is 17.6. The zero-order valence-electron chi connectivity index (χ0n) is 13.8. The minimum Gasteiger partial charge on any atom is -0.322 e. The average molecular weight is 338 g/mol. The van der Waals surface area contributed by atoms with E-state index in [0.29, 0.717) is 49.5 Å². The van der Waals surface area contributed by atoms with Gasteiger partial charge in [-0.2, -0.15) is 5.26 Å². The van der Waals surface area contributed by atoms with E-state index < -0.39 is 0 Å². The number of carbonyl (C=O) groups is 1. The van der Waals surface area contributed by atoms with Crippen molar-refractivity contribution in [1.82, 2.24) is 9.80 Å². The summed E-state index contributed by atoms with van der Waals surface area (Å²) in [6.45, 7) is 3.15. The Morgan fingerprint density at radius 1 is 1.08 bits per heavy atom. The lowest BCUT2D eigenvalue weighted by Gasteiger charge is -2.34. The minimum absolute atomic E-state index is 0.157.